The number of ether oxygens (including phenoxy) is 1. The van der Waals surface area contributed by atoms with Gasteiger partial charge < -0.3 is 14.6 Å². The first-order valence-electron chi connectivity index (χ1n) is 6.62. The van der Waals surface area contributed by atoms with Gasteiger partial charge in [0.15, 0.2) is 0 Å². The Morgan fingerprint density at radius 1 is 1.59 bits per heavy atom. The molecule has 1 aliphatic rings. The third-order valence-electron chi connectivity index (χ3n) is 3.51. The van der Waals surface area contributed by atoms with Crippen molar-refractivity contribution in [3.8, 4) is 0 Å². The molecule has 4 nitrogen and oxygen atoms in total. The molecule has 0 bridgehead atoms. The number of nitrogens with one attached hydrogen (secondary N) is 1. The van der Waals surface area contributed by atoms with E-state index in [1.165, 1.54) is 12.1 Å². The van der Waals surface area contributed by atoms with Gasteiger partial charge in [-0.3, -0.25) is 0 Å². The van der Waals surface area contributed by atoms with Crippen LogP contribution in [0.15, 0.2) is 12.5 Å². The normalized spacial score (nSPS) is 24.4. The lowest BCUT2D eigenvalue weighted by molar-refractivity contribution is 0.105. The first kappa shape index (κ1) is 12.6. The maximum Gasteiger partial charge on any atom is 0.0948 e. The number of imidazole rings is 1. The predicted molar refractivity (Wildman–Crippen MR) is 67.7 cm³/mol. The summed E-state index contributed by atoms with van der Waals surface area (Å²) in [4.78, 5) is 4.20. The van der Waals surface area contributed by atoms with Gasteiger partial charge in [-0.2, -0.15) is 0 Å². The highest BCUT2D eigenvalue weighted by Crippen LogP contribution is 2.19. The maximum absolute atomic E-state index is 5.56. The number of rotatable bonds is 6. The monoisotopic (exact) mass is 237 g/mol. The molecule has 0 amide bonds. The summed E-state index contributed by atoms with van der Waals surface area (Å²) in [5.74, 6) is 0.664. The summed E-state index contributed by atoms with van der Waals surface area (Å²) >= 11 is 0. The Bertz CT molecular complexity index is 337. The molecule has 1 aliphatic heterocycles. The molecule has 2 atom stereocenters. The third-order valence-corrected chi connectivity index (χ3v) is 3.51. The van der Waals surface area contributed by atoms with Crippen molar-refractivity contribution >= 4 is 0 Å². The second-order valence-corrected chi connectivity index (χ2v) is 4.83. The summed E-state index contributed by atoms with van der Waals surface area (Å²) in [7, 11) is 0. The van der Waals surface area contributed by atoms with Gasteiger partial charge in [-0.1, -0.05) is 6.92 Å². The van der Waals surface area contributed by atoms with Crippen molar-refractivity contribution in [2.45, 2.75) is 45.9 Å². The molecule has 0 radical (unpaired) electrons. The lowest BCUT2D eigenvalue weighted by Gasteiger charge is -2.15. The number of aromatic nitrogens is 2. The fraction of sp³-hybridized carbons (Fsp3) is 0.769. The van der Waals surface area contributed by atoms with E-state index >= 15 is 0 Å². The molecule has 1 N–H and O–H groups in total. The highest BCUT2D eigenvalue weighted by Gasteiger charge is 2.23. The van der Waals surface area contributed by atoms with Crippen molar-refractivity contribution in [1.29, 1.82) is 0 Å². The van der Waals surface area contributed by atoms with Crippen LogP contribution in [-0.2, 0) is 17.8 Å². The minimum atomic E-state index is 0.406. The molecule has 1 fully saturated rings. The topological polar surface area (TPSA) is 39.1 Å². The highest BCUT2D eigenvalue weighted by atomic mass is 16.5. The van der Waals surface area contributed by atoms with E-state index in [1.807, 2.05) is 12.5 Å². The number of nitrogens with zero attached hydrogens (tertiary/aromatic N) is 2. The molecule has 1 saturated heterocycles. The van der Waals surface area contributed by atoms with Gasteiger partial charge in [0.1, 0.15) is 0 Å². The van der Waals surface area contributed by atoms with Crippen LogP contribution in [0.3, 0.4) is 0 Å². The van der Waals surface area contributed by atoms with E-state index in [0.29, 0.717) is 12.0 Å². The molecule has 0 aliphatic carbocycles. The lowest BCUT2D eigenvalue weighted by atomic mass is 10.0. The molecule has 2 rings (SSSR count). The van der Waals surface area contributed by atoms with Crippen LogP contribution in [0.4, 0.5) is 0 Å². The molecule has 1 aromatic heterocycles. The fourth-order valence-electron chi connectivity index (χ4n) is 2.37. The second-order valence-electron chi connectivity index (χ2n) is 4.83. The Kier molecular flexibility index (Phi) is 4.57. The molecule has 1 aromatic rings. The van der Waals surface area contributed by atoms with Gasteiger partial charge in [-0.15, -0.1) is 0 Å². The van der Waals surface area contributed by atoms with Crippen LogP contribution in [0.2, 0.25) is 0 Å². The van der Waals surface area contributed by atoms with E-state index in [-0.39, 0.29) is 0 Å². The van der Waals surface area contributed by atoms with Crippen LogP contribution in [0.5, 0.6) is 0 Å². The van der Waals surface area contributed by atoms with Gasteiger partial charge in [-0.25, -0.2) is 4.98 Å². The molecule has 96 valence electrons. The minimum absolute atomic E-state index is 0.406. The van der Waals surface area contributed by atoms with Crippen molar-refractivity contribution in [3.05, 3.63) is 18.2 Å². The van der Waals surface area contributed by atoms with E-state index in [9.17, 15) is 0 Å². The van der Waals surface area contributed by atoms with Crippen molar-refractivity contribution in [2.24, 2.45) is 5.92 Å². The van der Waals surface area contributed by atoms with E-state index < -0.39 is 0 Å². The summed E-state index contributed by atoms with van der Waals surface area (Å²) in [6, 6.07) is 0. The molecule has 2 heterocycles. The average molecular weight is 237 g/mol. The van der Waals surface area contributed by atoms with E-state index in [0.717, 1.165) is 32.7 Å². The highest BCUT2D eigenvalue weighted by molar-refractivity contribution is 4.97. The average Bonchev–Trinajstić information content (AvgIpc) is 2.90. The Balaban J connectivity index is 1.75. The van der Waals surface area contributed by atoms with Crippen LogP contribution < -0.4 is 5.32 Å². The SMILES string of the molecule is CCCn1cncc1CNCC1CCOC1C. The summed E-state index contributed by atoms with van der Waals surface area (Å²) in [5.41, 5.74) is 1.28. The molecular weight excluding hydrogens is 214 g/mol. The van der Waals surface area contributed by atoms with Crippen LogP contribution in [0.1, 0.15) is 32.4 Å². The molecule has 0 aromatic carbocycles. The van der Waals surface area contributed by atoms with Gasteiger partial charge in [0.25, 0.3) is 0 Å². The van der Waals surface area contributed by atoms with Crippen molar-refractivity contribution in [2.75, 3.05) is 13.2 Å². The largest absolute Gasteiger partial charge is 0.378 e. The fourth-order valence-corrected chi connectivity index (χ4v) is 2.37. The standard InChI is InChI=1S/C13H23N3O/c1-3-5-16-10-15-9-13(16)8-14-7-12-4-6-17-11(12)2/h9-12,14H,3-8H2,1-2H3. The number of hydrogen-bond donors (Lipinski definition) is 1. The molecule has 0 spiro atoms. The van der Waals surface area contributed by atoms with Gasteiger partial charge in [-0.05, 0) is 25.7 Å². The van der Waals surface area contributed by atoms with E-state index in [4.69, 9.17) is 4.74 Å². The Morgan fingerprint density at radius 2 is 2.47 bits per heavy atom. The Hall–Kier alpha value is -0.870. The molecular formula is C13H23N3O. The van der Waals surface area contributed by atoms with Crippen molar-refractivity contribution < 1.29 is 4.74 Å². The third kappa shape index (κ3) is 3.30. The smallest absolute Gasteiger partial charge is 0.0948 e. The molecule has 0 saturated carbocycles. The first-order chi connectivity index (χ1) is 8.31. The quantitative estimate of drug-likeness (QED) is 0.820. The van der Waals surface area contributed by atoms with Crippen LogP contribution >= 0.6 is 0 Å². The van der Waals surface area contributed by atoms with Crippen LogP contribution in [0, 0.1) is 5.92 Å². The maximum atomic E-state index is 5.56. The molecule has 4 heteroatoms. The van der Waals surface area contributed by atoms with Gasteiger partial charge >= 0.3 is 0 Å². The summed E-state index contributed by atoms with van der Waals surface area (Å²) in [6.07, 6.45) is 6.61. The van der Waals surface area contributed by atoms with E-state index in [2.05, 4.69) is 28.7 Å². The second kappa shape index (κ2) is 6.17. The summed E-state index contributed by atoms with van der Waals surface area (Å²) < 4.78 is 7.78. The van der Waals surface area contributed by atoms with Gasteiger partial charge in [0.2, 0.25) is 0 Å². The summed E-state index contributed by atoms with van der Waals surface area (Å²) in [6.45, 7) is 8.28. The van der Waals surface area contributed by atoms with Crippen molar-refractivity contribution in [1.82, 2.24) is 14.9 Å². The zero-order valence-corrected chi connectivity index (χ0v) is 10.9. The number of aryl methyl sites for hydroxylation is 1. The lowest BCUT2D eigenvalue weighted by Crippen LogP contribution is -2.27. The summed E-state index contributed by atoms with van der Waals surface area (Å²) in [5, 5.41) is 3.52. The Morgan fingerprint density at radius 3 is 3.18 bits per heavy atom. The minimum Gasteiger partial charge on any atom is -0.378 e. The zero-order valence-electron chi connectivity index (χ0n) is 10.9. The van der Waals surface area contributed by atoms with Crippen molar-refractivity contribution in [3.63, 3.8) is 0 Å². The van der Waals surface area contributed by atoms with Crippen LogP contribution in [0.25, 0.3) is 0 Å². The predicted octanol–water partition coefficient (Wildman–Crippen LogP) is 1.81. The van der Waals surface area contributed by atoms with Crippen LogP contribution in [-0.4, -0.2) is 28.8 Å². The van der Waals surface area contributed by atoms with E-state index in [1.54, 1.807) is 0 Å². The number of hydrogen-bond acceptors (Lipinski definition) is 3. The van der Waals surface area contributed by atoms with Gasteiger partial charge in [0, 0.05) is 32.4 Å². The molecule has 17 heavy (non-hydrogen) atoms. The Labute approximate surface area is 103 Å². The first-order valence-corrected chi connectivity index (χ1v) is 6.62. The van der Waals surface area contributed by atoms with Gasteiger partial charge in [0.05, 0.1) is 18.1 Å². The zero-order chi connectivity index (χ0) is 12.1. The molecule has 2 unspecified atom stereocenters.